The maximum absolute atomic E-state index is 12.7. The molecule has 1 fully saturated rings. The summed E-state index contributed by atoms with van der Waals surface area (Å²) < 4.78 is 31.9. The minimum absolute atomic E-state index is 0.00906. The third-order valence-corrected chi connectivity index (χ3v) is 7.63. The summed E-state index contributed by atoms with van der Waals surface area (Å²) in [7, 11) is -3.71. The number of aryl methyl sites for hydroxylation is 2. The smallest absolute Gasteiger partial charge is 0.350 e. The number of carbonyl (C=O) groups is 2. The lowest BCUT2D eigenvalue weighted by Crippen LogP contribution is -2.29. The molecule has 0 radical (unpaired) electrons. The zero-order valence-corrected chi connectivity index (χ0v) is 16.9. The second kappa shape index (κ2) is 7.92. The number of sulfonamides is 1. The maximum atomic E-state index is 12.7. The Morgan fingerprint density at radius 1 is 1.11 bits per heavy atom. The van der Waals surface area contributed by atoms with E-state index in [0.29, 0.717) is 18.7 Å². The predicted octanol–water partition coefficient (Wildman–Crippen LogP) is 3.19. The third kappa shape index (κ3) is 4.12. The average Bonchev–Trinajstić information content (AvgIpc) is 3.33. The Balaban J connectivity index is 1.71. The van der Waals surface area contributed by atoms with Crippen LogP contribution in [0.2, 0.25) is 0 Å². The van der Waals surface area contributed by atoms with Crippen molar-refractivity contribution in [2.24, 2.45) is 0 Å². The van der Waals surface area contributed by atoms with Crippen LogP contribution in [0.4, 0.5) is 0 Å². The van der Waals surface area contributed by atoms with Gasteiger partial charge in [-0.1, -0.05) is 12.1 Å². The molecule has 0 aliphatic carbocycles. The first-order valence-corrected chi connectivity index (χ1v) is 11.0. The fraction of sp³-hybridized carbons (Fsp3) is 0.368. The number of ketones is 1. The summed E-state index contributed by atoms with van der Waals surface area (Å²) in [4.78, 5) is 24.6. The van der Waals surface area contributed by atoms with Gasteiger partial charge in [-0.05, 0) is 55.3 Å². The lowest BCUT2D eigenvalue weighted by molar-refractivity contribution is 0.0476. The van der Waals surface area contributed by atoms with Gasteiger partial charge >= 0.3 is 5.97 Å². The summed E-state index contributed by atoms with van der Waals surface area (Å²) in [6, 6.07) is 6.69. The molecule has 0 atom stereocenters. The van der Waals surface area contributed by atoms with Crippen LogP contribution in [-0.4, -0.2) is 44.2 Å². The highest BCUT2D eigenvalue weighted by Crippen LogP contribution is 2.28. The monoisotopic (exact) mass is 407 g/mol. The van der Waals surface area contributed by atoms with Gasteiger partial charge in [-0.15, -0.1) is 11.3 Å². The molecular formula is C19H21NO5S2. The number of esters is 1. The first-order chi connectivity index (χ1) is 12.8. The zero-order valence-electron chi connectivity index (χ0n) is 15.2. The molecule has 1 aliphatic rings. The first-order valence-electron chi connectivity index (χ1n) is 8.66. The Hall–Kier alpha value is -2.03. The van der Waals surface area contributed by atoms with E-state index >= 15 is 0 Å². The largest absolute Gasteiger partial charge is 0.453 e. The van der Waals surface area contributed by atoms with Gasteiger partial charge in [0.15, 0.2) is 12.4 Å². The number of hydrogen-bond donors (Lipinski definition) is 0. The number of carbonyl (C=O) groups excluding carboxylic acids is 2. The molecule has 0 amide bonds. The number of hydrogen-bond acceptors (Lipinski definition) is 6. The van der Waals surface area contributed by atoms with Gasteiger partial charge in [-0.3, -0.25) is 4.79 Å². The van der Waals surface area contributed by atoms with E-state index in [4.69, 9.17) is 4.74 Å². The molecule has 2 heterocycles. The summed E-state index contributed by atoms with van der Waals surface area (Å²) in [5, 5.41) is 1.55. The van der Waals surface area contributed by atoms with Gasteiger partial charge in [-0.2, -0.15) is 4.31 Å². The number of nitrogens with zero attached hydrogens (tertiary/aromatic N) is 1. The molecule has 2 aromatic rings. The van der Waals surface area contributed by atoms with E-state index in [1.807, 2.05) is 19.9 Å². The second-order valence-electron chi connectivity index (χ2n) is 6.52. The van der Waals surface area contributed by atoms with Crippen LogP contribution in [0.5, 0.6) is 0 Å². The minimum atomic E-state index is -3.71. The highest BCUT2D eigenvalue weighted by Gasteiger charge is 2.32. The average molecular weight is 408 g/mol. The molecule has 0 bridgehead atoms. The summed E-state index contributed by atoms with van der Waals surface area (Å²) in [5.74, 6) is -1.12. The molecule has 0 unspecified atom stereocenters. The van der Waals surface area contributed by atoms with Crippen molar-refractivity contribution in [2.75, 3.05) is 19.7 Å². The van der Waals surface area contributed by atoms with Gasteiger partial charge in [0.25, 0.3) is 0 Å². The first kappa shape index (κ1) is 19.7. The van der Waals surface area contributed by atoms with Crippen molar-refractivity contribution in [2.45, 2.75) is 31.6 Å². The fourth-order valence-electron chi connectivity index (χ4n) is 2.91. The Kier molecular flexibility index (Phi) is 5.78. The van der Waals surface area contributed by atoms with Crippen molar-refractivity contribution in [3.05, 3.63) is 51.2 Å². The van der Waals surface area contributed by atoms with E-state index in [1.165, 1.54) is 10.4 Å². The standard InChI is InChI=1S/C19H21NO5S2/c1-13-5-6-15(11-14(13)2)16(21)12-25-19(22)18-17(7-10-26-18)27(23,24)20-8-3-4-9-20/h5-7,10-11H,3-4,8-9,12H2,1-2H3. The highest BCUT2D eigenvalue weighted by molar-refractivity contribution is 7.89. The molecular weight excluding hydrogens is 386 g/mol. The van der Waals surface area contributed by atoms with Crippen molar-refractivity contribution >= 4 is 33.1 Å². The van der Waals surface area contributed by atoms with Crippen molar-refractivity contribution < 1.29 is 22.7 Å². The molecule has 1 aliphatic heterocycles. The maximum Gasteiger partial charge on any atom is 0.350 e. The molecule has 3 rings (SSSR count). The molecule has 0 spiro atoms. The van der Waals surface area contributed by atoms with Crippen molar-refractivity contribution in [1.82, 2.24) is 4.31 Å². The number of thiophene rings is 1. The molecule has 6 nitrogen and oxygen atoms in total. The minimum Gasteiger partial charge on any atom is -0.453 e. The van der Waals surface area contributed by atoms with Crippen molar-refractivity contribution in [3.63, 3.8) is 0 Å². The van der Waals surface area contributed by atoms with Gasteiger partial charge in [0, 0.05) is 18.7 Å². The summed E-state index contributed by atoms with van der Waals surface area (Å²) in [6.45, 7) is 4.33. The molecule has 1 saturated heterocycles. The van der Waals surface area contributed by atoms with Crippen LogP contribution in [0.1, 0.15) is 44.0 Å². The van der Waals surface area contributed by atoms with E-state index in [2.05, 4.69) is 0 Å². The highest BCUT2D eigenvalue weighted by atomic mass is 32.2. The van der Waals surface area contributed by atoms with E-state index in [-0.39, 0.29) is 15.6 Å². The summed E-state index contributed by atoms with van der Waals surface area (Å²) >= 11 is 1.00. The van der Waals surface area contributed by atoms with Crippen molar-refractivity contribution in [3.8, 4) is 0 Å². The number of ether oxygens (including phenoxy) is 1. The van der Waals surface area contributed by atoms with Gasteiger partial charge in [0.2, 0.25) is 10.0 Å². The summed E-state index contributed by atoms with van der Waals surface area (Å²) in [5.41, 5.74) is 2.50. The number of benzene rings is 1. The molecule has 1 aromatic carbocycles. The van der Waals surface area contributed by atoms with Crippen LogP contribution in [0.3, 0.4) is 0 Å². The zero-order chi connectivity index (χ0) is 19.6. The third-order valence-electron chi connectivity index (χ3n) is 4.66. The van der Waals surface area contributed by atoms with Gasteiger partial charge in [-0.25, -0.2) is 13.2 Å². The topological polar surface area (TPSA) is 80.8 Å². The molecule has 0 N–H and O–H groups in total. The molecule has 27 heavy (non-hydrogen) atoms. The second-order valence-corrected chi connectivity index (χ2v) is 9.35. The SMILES string of the molecule is Cc1ccc(C(=O)COC(=O)c2sccc2S(=O)(=O)N2CCCC2)cc1C. The normalized spacial score (nSPS) is 15.0. The molecule has 0 saturated carbocycles. The predicted molar refractivity (Wildman–Crippen MR) is 103 cm³/mol. The molecule has 1 aromatic heterocycles. The Morgan fingerprint density at radius 3 is 2.48 bits per heavy atom. The lowest BCUT2D eigenvalue weighted by atomic mass is 10.0. The van der Waals surface area contributed by atoms with Crippen LogP contribution >= 0.6 is 11.3 Å². The number of Topliss-reactive ketones (excluding diaryl/α,β-unsaturated/α-hetero) is 1. The molecule has 144 valence electrons. The Labute approximate surface area is 162 Å². The van der Waals surface area contributed by atoms with Crippen LogP contribution in [0.15, 0.2) is 34.5 Å². The van der Waals surface area contributed by atoms with Crippen LogP contribution in [0.25, 0.3) is 0 Å². The van der Waals surface area contributed by atoms with Gasteiger partial charge in [0.1, 0.15) is 9.77 Å². The van der Waals surface area contributed by atoms with Crippen molar-refractivity contribution in [1.29, 1.82) is 0 Å². The van der Waals surface area contributed by atoms with E-state index < -0.39 is 22.6 Å². The molecule has 8 heteroatoms. The summed E-state index contributed by atoms with van der Waals surface area (Å²) in [6.07, 6.45) is 1.63. The lowest BCUT2D eigenvalue weighted by Gasteiger charge is -2.15. The van der Waals surface area contributed by atoms with Gasteiger partial charge in [0.05, 0.1) is 0 Å². The van der Waals surface area contributed by atoms with E-state index in [1.54, 1.807) is 17.5 Å². The Morgan fingerprint density at radius 2 is 1.81 bits per heavy atom. The van der Waals surface area contributed by atoms with Crippen LogP contribution < -0.4 is 0 Å². The number of rotatable bonds is 6. The Bertz CT molecular complexity index is 972. The quantitative estimate of drug-likeness (QED) is 0.543. The van der Waals surface area contributed by atoms with Gasteiger partial charge < -0.3 is 4.74 Å². The van der Waals surface area contributed by atoms with Crippen LogP contribution in [-0.2, 0) is 14.8 Å². The van der Waals surface area contributed by atoms with Crippen LogP contribution in [0, 0.1) is 13.8 Å². The van der Waals surface area contributed by atoms with E-state index in [0.717, 1.165) is 35.3 Å². The van der Waals surface area contributed by atoms with E-state index in [9.17, 15) is 18.0 Å². The fourth-order valence-corrected chi connectivity index (χ4v) is 5.71.